The summed E-state index contributed by atoms with van der Waals surface area (Å²) in [7, 11) is 0. The number of nitrogens with zero attached hydrogens (tertiary/aromatic N) is 1. The Labute approximate surface area is 86.7 Å². The fourth-order valence-corrected chi connectivity index (χ4v) is 1.23. The zero-order valence-electron chi connectivity index (χ0n) is 7.48. The normalized spacial score (nSPS) is 12.4. The van der Waals surface area contributed by atoms with Crippen molar-refractivity contribution < 1.29 is 9.90 Å². The summed E-state index contributed by atoms with van der Waals surface area (Å²) in [6, 6.07) is 0.928. The third kappa shape index (κ3) is 3.32. The van der Waals surface area contributed by atoms with Crippen LogP contribution in [0.3, 0.4) is 0 Å². The molecular weight excluding hydrogens is 204 g/mol. The Hall–Kier alpha value is -1.13. The van der Waals surface area contributed by atoms with Crippen LogP contribution in [0, 0.1) is 0 Å². The highest BCUT2D eigenvalue weighted by atomic mass is 35.5. The number of hydrogen-bond donors (Lipinski definition) is 2. The lowest BCUT2D eigenvalue weighted by molar-refractivity contribution is -0.138. The van der Waals surface area contributed by atoms with Crippen LogP contribution in [0.1, 0.15) is 12.0 Å². The molecule has 0 amide bonds. The summed E-state index contributed by atoms with van der Waals surface area (Å²) in [4.78, 5) is 14.3. The van der Waals surface area contributed by atoms with E-state index in [1.165, 1.54) is 6.20 Å². The van der Waals surface area contributed by atoms with E-state index in [-0.39, 0.29) is 0 Å². The van der Waals surface area contributed by atoms with Gasteiger partial charge < -0.3 is 10.8 Å². The van der Waals surface area contributed by atoms with E-state index in [0.29, 0.717) is 17.9 Å². The van der Waals surface area contributed by atoms with E-state index >= 15 is 0 Å². The molecule has 0 bridgehead atoms. The van der Waals surface area contributed by atoms with Crippen LogP contribution in [0.25, 0.3) is 0 Å². The minimum atomic E-state index is -0.986. The number of aliphatic carboxylic acids is 1. The highest BCUT2D eigenvalue weighted by molar-refractivity contribution is 6.30. The van der Waals surface area contributed by atoms with Crippen molar-refractivity contribution in [2.24, 2.45) is 5.73 Å². The summed E-state index contributed by atoms with van der Waals surface area (Å²) in [5.74, 6) is -0.986. The first-order valence-corrected chi connectivity index (χ1v) is 4.55. The molecule has 1 aromatic rings. The molecule has 0 aliphatic carbocycles. The molecule has 1 unspecified atom stereocenters. The average molecular weight is 215 g/mol. The molecule has 1 aromatic heterocycles. The Bertz CT molecular complexity index is 330. The van der Waals surface area contributed by atoms with Crippen molar-refractivity contribution in [1.29, 1.82) is 0 Å². The van der Waals surface area contributed by atoms with Gasteiger partial charge in [0.2, 0.25) is 0 Å². The lowest BCUT2D eigenvalue weighted by atomic mass is 10.1. The molecule has 0 saturated carbocycles. The van der Waals surface area contributed by atoms with Gasteiger partial charge in [0.25, 0.3) is 0 Å². The number of carboxylic acid groups (broad SMARTS) is 1. The first kappa shape index (κ1) is 10.9. The third-order valence-electron chi connectivity index (χ3n) is 1.82. The van der Waals surface area contributed by atoms with Gasteiger partial charge in [-0.05, 0) is 24.5 Å². The van der Waals surface area contributed by atoms with E-state index < -0.39 is 12.0 Å². The Morgan fingerprint density at radius 2 is 2.36 bits per heavy atom. The summed E-state index contributed by atoms with van der Waals surface area (Å²) in [6.45, 7) is 0. The van der Waals surface area contributed by atoms with E-state index in [4.69, 9.17) is 22.4 Å². The van der Waals surface area contributed by atoms with Gasteiger partial charge in [0, 0.05) is 12.4 Å². The van der Waals surface area contributed by atoms with Crippen LogP contribution in [-0.2, 0) is 11.2 Å². The molecule has 0 aliphatic rings. The first-order valence-electron chi connectivity index (χ1n) is 4.17. The zero-order chi connectivity index (χ0) is 10.6. The average Bonchev–Trinajstić information content (AvgIpc) is 2.14. The van der Waals surface area contributed by atoms with Crippen molar-refractivity contribution in [3.63, 3.8) is 0 Å². The fourth-order valence-electron chi connectivity index (χ4n) is 1.04. The SMILES string of the molecule is NC(CCc1cncc(Cl)c1)C(=O)O. The van der Waals surface area contributed by atoms with Crippen LogP contribution in [0.4, 0.5) is 0 Å². The second kappa shape index (κ2) is 4.93. The summed E-state index contributed by atoms with van der Waals surface area (Å²) in [6.07, 6.45) is 4.14. The summed E-state index contributed by atoms with van der Waals surface area (Å²) in [5.41, 5.74) is 6.25. The molecule has 4 nitrogen and oxygen atoms in total. The summed E-state index contributed by atoms with van der Waals surface area (Å²) < 4.78 is 0. The Morgan fingerprint density at radius 3 is 2.93 bits per heavy atom. The van der Waals surface area contributed by atoms with Gasteiger partial charge >= 0.3 is 5.97 Å². The molecule has 1 heterocycles. The van der Waals surface area contributed by atoms with Crippen LogP contribution >= 0.6 is 11.6 Å². The van der Waals surface area contributed by atoms with E-state index in [2.05, 4.69) is 4.98 Å². The summed E-state index contributed by atoms with van der Waals surface area (Å²) in [5, 5.41) is 9.10. The minimum absolute atomic E-state index is 0.386. The largest absolute Gasteiger partial charge is 0.480 e. The maximum absolute atomic E-state index is 10.4. The van der Waals surface area contributed by atoms with Gasteiger partial charge in [-0.2, -0.15) is 0 Å². The van der Waals surface area contributed by atoms with Crippen molar-refractivity contribution in [2.45, 2.75) is 18.9 Å². The number of pyridine rings is 1. The van der Waals surface area contributed by atoms with Crippen LogP contribution < -0.4 is 5.73 Å². The molecule has 76 valence electrons. The van der Waals surface area contributed by atoms with Gasteiger partial charge in [-0.15, -0.1) is 0 Å². The van der Waals surface area contributed by atoms with Crippen molar-refractivity contribution in [1.82, 2.24) is 4.98 Å². The molecule has 0 saturated heterocycles. The van der Waals surface area contributed by atoms with Gasteiger partial charge in [0.1, 0.15) is 6.04 Å². The van der Waals surface area contributed by atoms with Gasteiger partial charge in [-0.1, -0.05) is 11.6 Å². The van der Waals surface area contributed by atoms with Gasteiger partial charge in [-0.3, -0.25) is 9.78 Å². The molecule has 1 rings (SSSR count). The first-order chi connectivity index (χ1) is 6.59. The van der Waals surface area contributed by atoms with Crippen LogP contribution in [0.15, 0.2) is 18.5 Å². The molecule has 0 aromatic carbocycles. The quantitative estimate of drug-likeness (QED) is 0.787. The third-order valence-corrected chi connectivity index (χ3v) is 2.03. The molecular formula is C9H11ClN2O2. The monoisotopic (exact) mass is 214 g/mol. The van der Waals surface area contributed by atoms with E-state index in [9.17, 15) is 4.79 Å². The number of carbonyl (C=O) groups is 1. The minimum Gasteiger partial charge on any atom is -0.480 e. The number of aromatic nitrogens is 1. The van der Waals surface area contributed by atoms with Gasteiger partial charge in [-0.25, -0.2) is 0 Å². The maximum atomic E-state index is 10.4. The molecule has 5 heteroatoms. The van der Waals surface area contributed by atoms with E-state index in [1.807, 2.05) is 0 Å². The molecule has 0 aliphatic heterocycles. The fraction of sp³-hybridized carbons (Fsp3) is 0.333. The zero-order valence-corrected chi connectivity index (χ0v) is 8.24. The second-order valence-corrected chi connectivity index (χ2v) is 3.43. The van der Waals surface area contributed by atoms with Crippen LogP contribution in [0.5, 0.6) is 0 Å². The highest BCUT2D eigenvalue weighted by Crippen LogP contribution is 2.10. The summed E-state index contributed by atoms with van der Waals surface area (Å²) >= 11 is 5.71. The topological polar surface area (TPSA) is 76.2 Å². The Morgan fingerprint density at radius 1 is 1.64 bits per heavy atom. The van der Waals surface area contributed by atoms with Crippen molar-refractivity contribution in [2.75, 3.05) is 0 Å². The predicted molar refractivity (Wildman–Crippen MR) is 53.2 cm³/mol. The smallest absolute Gasteiger partial charge is 0.320 e. The van der Waals surface area contributed by atoms with Crippen molar-refractivity contribution in [3.8, 4) is 0 Å². The van der Waals surface area contributed by atoms with Crippen molar-refractivity contribution >= 4 is 17.6 Å². The Balaban J connectivity index is 2.49. The highest BCUT2D eigenvalue weighted by Gasteiger charge is 2.10. The van der Waals surface area contributed by atoms with Crippen LogP contribution in [-0.4, -0.2) is 22.1 Å². The predicted octanol–water partition coefficient (Wildman–Crippen LogP) is 1.08. The molecule has 0 fully saturated rings. The number of halogens is 1. The number of rotatable bonds is 4. The number of aryl methyl sites for hydroxylation is 1. The molecule has 14 heavy (non-hydrogen) atoms. The molecule has 1 atom stereocenters. The van der Waals surface area contributed by atoms with Gasteiger partial charge in [0.15, 0.2) is 0 Å². The number of nitrogens with two attached hydrogens (primary N) is 1. The molecule has 0 spiro atoms. The number of carboxylic acids is 1. The van der Waals surface area contributed by atoms with E-state index in [1.54, 1.807) is 12.3 Å². The van der Waals surface area contributed by atoms with Gasteiger partial charge in [0.05, 0.1) is 5.02 Å². The molecule has 0 radical (unpaired) electrons. The van der Waals surface area contributed by atoms with Crippen molar-refractivity contribution in [3.05, 3.63) is 29.0 Å². The Kier molecular flexibility index (Phi) is 3.85. The standard InChI is InChI=1S/C9H11ClN2O2/c10-7-3-6(4-12-5-7)1-2-8(11)9(13)14/h3-5,8H,1-2,11H2,(H,13,14). The maximum Gasteiger partial charge on any atom is 0.320 e. The molecule has 3 N–H and O–H groups in total. The van der Waals surface area contributed by atoms with Crippen LogP contribution in [0.2, 0.25) is 5.02 Å². The second-order valence-electron chi connectivity index (χ2n) is 2.99. The lowest BCUT2D eigenvalue weighted by Gasteiger charge is -2.05. The number of hydrogen-bond acceptors (Lipinski definition) is 3. The van der Waals surface area contributed by atoms with E-state index in [0.717, 1.165) is 5.56 Å². The lowest BCUT2D eigenvalue weighted by Crippen LogP contribution is -2.30.